The zero-order valence-corrected chi connectivity index (χ0v) is 11.0. The van der Waals surface area contributed by atoms with Crippen LogP contribution in [0.15, 0.2) is 11.0 Å². The van der Waals surface area contributed by atoms with E-state index in [1.807, 2.05) is 0 Å². The Bertz CT molecular complexity index is 536. The third kappa shape index (κ3) is 3.20. The summed E-state index contributed by atoms with van der Waals surface area (Å²) in [4.78, 5) is 17.2. The molecule has 0 spiro atoms. The maximum Gasteiger partial charge on any atom is 0.346 e. The molecule has 2 rings (SSSR count). The van der Waals surface area contributed by atoms with Crippen molar-refractivity contribution in [3.05, 3.63) is 22.2 Å². The number of nitrogens with two attached hydrogens (primary N) is 1. The Morgan fingerprint density at radius 3 is 2.71 bits per heavy atom. The van der Waals surface area contributed by atoms with Crippen molar-refractivity contribution < 1.29 is 25.2 Å². The highest BCUT2D eigenvalue weighted by molar-refractivity contribution is 5.42. The number of hydrogen-bond acceptors (Lipinski definition) is 9. The van der Waals surface area contributed by atoms with Gasteiger partial charge in [0.1, 0.15) is 30.4 Å². The number of ether oxygens (including phenoxy) is 1. The SMILES string of the molecule is N[C@H]1C(Nc2nc(=O)[nH]cc2CO)O[C@H](CO)[C@@H](O)[C@@H]1O. The Morgan fingerprint density at radius 2 is 2.10 bits per heavy atom. The van der Waals surface area contributed by atoms with Crippen LogP contribution >= 0.6 is 0 Å². The molecule has 10 heteroatoms. The standard InChI is InChI=1S/C11H18N4O6/c12-6-8(19)7(18)5(3-17)21-10(6)14-9-4(2-16)1-13-11(20)15-9/h1,5-8,10,16-19H,2-3,12H2,(H2,13,14,15,20)/t5-,6-,7-,8-,10?/m1/s1. The Morgan fingerprint density at radius 1 is 1.38 bits per heavy atom. The number of aliphatic hydroxyl groups is 4. The number of aromatic amines is 1. The lowest BCUT2D eigenvalue weighted by Crippen LogP contribution is -2.64. The fourth-order valence-corrected chi connectivity index (χ4v) is 2.07. The number of aromatic nitrogens is 2. The van der Waals surface area contributed by atoms with Crippen LogP contribution in [0.3, 0.4) is 0 Å². The van der Waals surface area contributed by atoms with Gasteiger partial charge in [0.25, 0.3) is 0 Å². The first kappa shape index (κ1) is 15.8. The van der Waals surface area contributed by atoms with Crippen LogP contribution in [-0.4, -0.2) is 67.6 Å². The molecule has 1 aromatic rings. The van der Waals surface area contributed by atoms with Crippen LogP contribution in [0, 0.1) is 0 Å². The minimum absolute atomic E-state index is 0.0435. The molecule has 1 fully saturated rings. The van der Waals surface area contributed by atoms with E-state index in [9.17, 15) is 20.1 Å². The molecule has 0 bridgehead atoms. The van der Waals surface area contributed by atoms with Crippen molar-refractivity contribution in [1.82, 2.24) is 9.97 Å². The van der Waals surface area contributed by atoms with Gasteiger partial charge in [-0.15, -0.1) is 0 Å². The second kappa shape index (κ2) is 6.47. The van der Waals surface area contributed by atoms with E-state index in [0.29, 0.717) is 5.56 Å². The first-order chi connectivity index (χ1) is 9.97. The van der Waals surface area contributed by atoms with Crippen molar-refractivity contribution in [3.63, 3.8) is 0 Å². The highest BCUT2D eigenvalue weighted by Gasteiger charge is 2.42. The van der Waals surface area contributed by atoms with Gasteiger partial charge in [-0.25, -0.2) is 4.79 Å². The highest BCUT2D eigenvalue weighted by atomic mass is 16.5. The largest absolute Gasteiger partial charge is 0.394 e. The molecule has 1 aliphatic heterocycles. The van der Waals surface area contributed by atoms with E-state index < -0.39 is 42.9 Å². The minimum Gasteiger partial charge on any atom is -0.394 e. The summed E-state index contributed by atoms with van der Waals surface area (Å²) in [5.74, 6) is 0.0435. The lowest BCUT2D eigenvalue weighted by molar-refractivity contribution is -0.181. The van der Waals surface area contributed by atoms with Gasteiger partial charge in [0.2, 0.25) is 0 Å². The molecule has 0 amide bonds. The predicted octanol–water partition coefficient (Wildman–Crippen LogP) is -3.56. The molecule has 0 radical (unpaired) electrons. The van der Waals surface area contributed by atoms with Crippen molar-refractivity contribution in [3.8, 4) is 0 Å². The second-order valence-electron chi connectivity index (χ2n) is 4.72. The third-order valence-electron chi connectivity index (χ3n) is 3.31. The predicted molar refractivity (Wildman–Crippen MR) is 70.1 cm³/mol. The Balaban J connectivity index is 2.22. The van der Waals surface area contributed by atoms with Crippen LogP contribution in [0.1, 0.15) is 5.56 Å². The van der Waals surface area contributed by atoms with Crippen LogP contribution in [0.5, 0.6) is 0 Å². The molecule has 2 heterocycles. The molecule has 10 nitrogen and oxygen atoms in total. The Hall–Kier alpha value is -1.56. The second-order valence-corrected chi connectivity index (χ2v) is 4.72. The fraction of sp³-hybridized carbons (Fsp3) is 0.636. The van der Waals surface area contributed by atoms with Crippen LogP contribution in [0.25, 0.3) is 0 Å². The molecular formula is C11H18N4O6. The summed E-state index contributed by atoms with van der Waals surface area (Å²) in [5.41, 5.74) is 5.41. The van der Waals surface area contributed by atoms with Crippen LogP contribution in [0.4, 0.5) is 5.82 Å². The van der Waals surface area contributed by atoms with Gasteiger partial charge in [-0.3, -0.25) is 0 Å². The van der Waals surface area contributed by atoms with Gasteiger partial charge in [-0.1, -0.05) is 0 Å². The van der Waals surface area contributed by atoms with Crippen molar-refractivity contribution in [2.24, 2.45) is 5.73 Å². The van der Waals surface area contributed by atoms with Crippen molar-refractivity contribution >= 4 is 5.82 Å². The van der Waals surface area contributed by atoms with Gasteiger partial charge >= 0.3 is 5.69 Å². The van der Waals surface area contributed by atoms with E-state index in [1.165, 1.54) is 6.20 Å². The fourth-order valence-electron chi connectivity index (χ4n) is 2.07. The highest BCUT2D eigenvalue weighted by Crippen LogP contribution is 2.21. The molecule has 0 aromatic carbocycles. The zero-order valence-electron chi connectivity index (χ0n) is 11.0. The van der Waals surface area contributed by atoms with E-state index in [-0.39, 0.29) is 12.4 Å². The smallest absolute Gasteiger partial charge is 0.346 e. The summed E-state index contributed by atoms with van der Waals surface area (Å²) in [6, 6.07) is -1.02. The Kier molecular flexibility index (Phi) is 4.88. The quantitative estimate of drug-likeness (QED) is 0.297. The lowest BCUT2D eigenvalue weighted by Gasteiger charge is -2.41. The average Bonchev–Trinajstić information content (AvgIpc) is 2.48. The summed E-state index contributed by atoms with van der Waals surface area (Å²) in [7, 11) is 0. The maximum absolute atomic E-state index is 11.2. The molecule has 21 heavy (non-hydrogen) atoms. The molecule has 0 aliphatic carbocycles. The third-order valence-corrected chi connectivity index (χ3v) is 3.31. The minimum atomic E-state index is -1.33. The molecule has 1 unspecified atom stereocenters. The number of rotatable bonds is 4. The van der Waals surface area contributed by atoms with E-state index in [4.69, 9.17) is 15.6 Å². The van der Waals surface area contributed by atoms with E-state index >= 15 is 0 Å². The first-order valence-electron chi connectivity index (χ1n) is 6.32. The van der Waals surface area contributed by atoms with Gasteiger partial charge in [0.05, 0.1) is 19.3 Å². The van der Waals surface area contributed by atoms with Crippen LogP contribution in [0.2, 0.25) is 0 Å². The molecule has 1 aliphatic rings. The molecule has 1 saturated heterocycles. The van der Waals surface area contributed by atoms with E-state index in [2.05, 4.69) is 15.3 Å². The topological polar surface area (TPSA) is 174 Å². The van der Waals surface area contributed by atoms with E-state index in [1.54, 1.807) is 0 Å². The first-order valence-corrected chi connectivity index (χ1v) is 6.32. The van der Waals surface area contributed by atoms with Crippen molar-refractivity contribution in [2.75, 3.05) is 11.9 Å². The molecule has 1 aromatic heterocycles. The van der Waals surface area contributed by atoms with Crippen molar-refractivity contribution in [1.29, 1.82) is 0 Å². The van der Waals surface area contributed by atoms with E-state index in [0.717, 1.165) is 0 Å². The van der Waals surface area contributed by atoms with Gasteiger partial charge in [-0.2, -0.15) is 4.98 Å². The Labute approximate surface area is 119 Å². The molecule has 8 N–H and O–H groups in total. The summed E-state index contributed by atoms with van der Waals surface area (Å²) in [6.45, 7) is -0.901. The normalized spacial score (nSPS) is 32.9. The number of anilines is 1. The van der Waals surface area contributed by atoms with Crippen LogP contribution in [-0.2, 0) is 11.3 Å². The molecule has 118 valence electrons. The summed E-state index contributed by atoms with van der Waals surface area (Å²) in [6.07, 6.45) is -3.40. The number of hydrogen-bond donors (Lipinski definition) is 7. The molecule has 0 saturated carbocycles. The number of nitrogens with one attached hydrogen (secondary N) is 2. The summed E-state index contributed by atoms with van der Waals surface area (Å²) >= 11 is 0. The van der Waals surface area contributed by atoms with Gasteiger partial charge in [0, 0.05) is 11.8 Å². The molecular weight excluding hydrogens is 284 g/mol. The van der Waals surface area contributed by atoms with Gasteiger partial charge < -0.3 is 41.2 Å². The maximum atomic E-state index is 11.2. The lowest BCUT2D eigenvalue weighted by atomic mass is 9.97. The number of nitrogens with zero attached hydrogens (tertiary/aromatic N) is 1. The van der Waals surface area contributed by atoms with Crippen molar-refractivity contribution in [2.45, 2.75) is 37.2 Å². The molecule has 5 atom stereocenters. The average molecular weight is 302 g/mol. The zero-order chi connectivity index (χ0) is 15.6. The van der Waals surface area contributed by atoms with Gasteiger partial charge in [0.15, 0.2) is 0 Å². The summed E-state index contributed by atoms with van der Waals surface area (Å²) < 4.78 is 5.34. The summed E-state index contributed by atoms with van der Waals surface area (Å²) in [5, 5.41) is 40.5. The number of H-pyrrole nitrogens is 1. The van der Waals surface area contributed by atoms with Crippen LogP contribution < -0.4 is 16.7 Å². The number of aliphatic hydroxyl groups excluding tert-OH is 4. The monoisotopic (exact) mass is 302 g/mol. The van der Waals surface area contributed by atoms with Gasteiger partial charge in [-0.05, 0) is 0 Å².